The van der Waals surface area contributed by atoms with Crippen molar-refractivity contribution in [2.75, 3.05) is 7.11 Å². The van der Waals surface area contributed by atoms with Crippen molar-refractivity contribution in [2.45, 2.75) is 50.7 Å². The van der Waals surface area contributed by atoms with E-state index in [4.69, 9.17) is 9.57 Å². The van der Waals surface area contributed by atoms with Crippen LogP contribution < -0.4 is 0 Å². The van der Waals surface area contributed by atoms with Gasteiger partial charge < -0.3 is 9.57 Å². The van der Waals surface area contributed by atoms with Gasteiger partial charge in [0.2, 0.25) is 0 Å². The molecule has 3 heteroatoms. The maximum atomic E-state index is 6.24. The Kier molecular flexibility index (Phi) is 4.28. The number of nitrogens with zero attached hydrogens (tertiary/aromatic N) is 1. The molecule has 4 atom stereocenters. The van der Waals surface area contributed by atoms with E-state index >= 15 is 0 Å². The van der Waals surface area contributed by atoms with Crippen molar-refractivity contribution in [3.05, 3.63) is 48.0 Å². The molecule has 0 spiro atoms. The van der Waals surface area contributed by atoms with E-state index < -0.39 is 0 Å². The topological polar surface area (TPSA) is 30.8 Å². The fourth-order valence-corrected chi connectivity index (χ4v) is 4.57. The molecule has 0 aliphatic carbocycles. The van der Waals surface area contributed by atoms with Crippen molar-refractivity contribution in [3.8, 4) is 0 Å². The van der Waals surface area contributed by atoms with Crippen LogP contribution in [-0.4, -0.2) is 25.0 Å². The summed E-state index contributed by atoms with van der Waals surface area (Å²) in [6, 6.07) is 15.5. The Morgan fingerprint density at radius 1 is 1.17 bits per heavy atom. The first kappa shape index (κ1) is 15.6. The van der Waals surface area contributed by atoms with Crippen molar-refractivity contribution in [3.63, 3.8) is 0 Å². The lowest BCUT2D eigenvalue weighted by Gasteiger charge is -2.37. The minimum atomic E-state index is 0.286. The highest BCUT2D eigenvalue weighted by molar-refractivity contribution is 5.88. The average molecular weight is 323 g/mol. The number of fused-ring (bicyclic) bond motifs is 3. The van der Waals surface area contributed by atoms with Crippen molar-refractivity contribution in [2.24, 2.45) is 11.1 Å². The molecular weight excluding hydrogens is 298 g/mol. The fourth-order valence-electron chi connectivity index (χ4n) is 4.57. The quantitative estimate of drug-likeness (QED) is 0.591. The number of benzene rings is 2. The standard InChI is InChI=1S/C21H25NO2/c1-3-19(22-23-2)21-18(13-17-10-11-20(21)24-17)16-9-8-14-6-4-5-7-15(14)12-16/h4-9,12,17-18,20-21H,3,10-11,13H2,1-2H3/t17?,18-,20-,21-/m1/s1. The van der Waals surface area contributed by atoms with Gasteiger partial charge in [-0.2, -0.15) is 0 Å². The van der Waals surface area contributed by atoms with Gasteiger partial charge in [-0.1, -0.05) is 54.5 Å². The van der Waals surface area contributed by atoms with Crippen LogP contribution >= 0.6 is 0 Å². The zero-order valence-corrected chi connectivity index (χ0v) is 14.4. The third kappa shape index (κ3) is 2.71. The van der Waals surface area contributed by atoms with E-state index in [9.17, 15) is 0 Å². The lowest BCUT2D eigenvalue weighted by molar-refractivity contribution is -0.0248. The molecule has 24 heavy (non-hydrogen) atoms. The molecule has 2 aliphatic heterocycles. The normalized spacial score (nSPS) is 29.8. The lowest BCUT2D eigenvalue weighted by Crippen LogP contribution is -2.39. The molecule has 2 bridgehead atoms. The van der Waals surface area contributed by atoms with Crippen LogP contribution in [0.4, 0.5) is 0 Å². The van der Waals surface area contributed by atoms with Crippen molar-refractivity contribution in [1.29, 1.82) is 0 Å². The Bertz CT molecular complexity index is 754. The van der Waals surface area contributed by atoms with Crippen LogP contribution in [0.3, 0.4) is 0 Å². The summed E-state index contributed by atoms with van der Waals surface area (Å²) in [4.78, 5) is 5.14. The molecule has 2 aromatic rings. The fraction of sp³-hybridized carbons (Fsp3) is 0.476. The van der Waals surface area contributed by atoms with Crippen molar-refractivity contribution < 1.29 is 9.57 Å². The summed E-state index contributed by atoms with van der Waals surface area (Å²) in [5.74, 6) is 0.796. The van der Waals surface area contributed by atoms with Crippen LogP contribution in [-0.2, 0) is 9.57 Å². The molecule has 3 nitrogen and oxygen atoms in total. The van der Waals surface area contributed by atoms with Gasteiger partial charge in [-0.05, 0) is 47.9 Å². The second-order valence-electron chi connectivity index (χ2n) is 6.97. The van der Waals surface area contributed by atoms with Gasteiger partial charge in [0.1, 0.15) is 7.11 Å². The number of hydrogen-bond acceptors (Lipinski definition) is 3. The molecule has 0 radical (unpaired) electrons. The van der Waals surface area contributed by atoms with E-state index in [1.165, 1.54) is 22.8 Å². The van der Waals surface area contributed by atoms with Gasteiger partial charge in [0.15, 0.2) is 0 Å². The van der Waals surface area contributed by atoms with E-state index in [2.05, 4.69) is 54.5 Å². The summed E-state index contributed by atoms with van der Waals surface area (Å²) in [5.41, 5.74) is 2.55. The third-order valence-electron chi connectivity index (χ3n) is 5.65. The van der Waals surface area contributed by atoms with Gasteiger partial charge in [-0.25, -0.2) is 0 Å². The van der Waals surface area contributed by atoms with Gasteiger partial charge in [-0.15, -0.1) is 0 Å². The van der Waals surface area contributed by atoms with Crippen LogP contribution in [0.25, 0.3) is 10.8 Å². The summed E-state index contributed by atoms with van der Waals surface area (Å²) >= 11 is 0. The first-order chi connectivity index (χ1) is 11.8. The zero-order valence-electron chi connectivity index (χ0n) is 14.4. The number of rotatable bonds is 4. The molecule has 1 unspecified atom stereocenters. The Balaban J connectivity index is 1.75. The number of ether oxygens (including phenoxy) is 1. The molecule has 2 fully saturated rings. The molecule has 0 N–H and O–H groups in total. The summed E-state index contributed by atoms with van der Waals surface area (Å²) in [5, 5.41) is 6.97. The molecule has 2 saturated heterocycles. The van der Waals surface area contributed by atoms with Gasteiger partial charge >= 0.3 is 0 Å². The summed E-state index contributed by atoms with van der Waals surface area (Å²) in [7, 11) is 1.64. The predicted octanol–water partition coefficient (Wildman–Crippen LogP) is 4.90. The minimum Gasteiger partial charge on any atom is -0.399 e. The van der Waals surface area contributed by atoms with Crippen LogP contribution in [0, 0.1) is 5.92 Å². The molecule has 2 aliphatic rings. The van der Waals surface area contributed by atoms with E-state index in [0.29, 0.717) is 17.9 Å². The first-order valence-corrected chi connectivity index (χ1v) is 9.04. The molecule has 126 valence electrons. The summed E-state index contributed by atoms with van der Waals surface area (Å²) in [6.45, 7) is 2.16. The SMILES string of the molecule is CCC(=NOC)[C@H]1[C@@H](c2ccc3ccccc3c2)CC2CC[C@H]1O2. The third-order valence-corrected chi connectivity index (χ3v) is 5.65. The van der Waals surface area contributed by atoms with Gasteiger partial charge in [0, 0.05) is 5.92 Å². The summed E-state index contributed by atoms with van der Waals surface area (Å²) < 4.78 is 6.24. The monoisotopic (exact) mass is 323 g/mol. The molecule has 0 aromatic heterocycles. The Morgan fingerprint density at radius 3 is 2.79 bits per heavy atom. The Hall–Kier alpha value is -1.87. The largest absolute Gasteiger partial charge is 0.399 e. The minimum absolute atomic E-state index is 0.286. The van der Waals surface area contributed by atoms with Crippen molar-refractivity contribution >= 4 is 16.5 Å². The van der Waals surface area contributed by atoms with Gasteiger partial charge in [-0.3, -0.25) is 0 Å². The van der Waals surface area contributed by atoms with E-state index in [1.807, 2.05) is 0 Å². The van der Waals surface area contributed by atoms with Crippen LogP contribution in [0.15, 0.2) is 47.6 Å². The van der Waals surface area contributed by atoms with Crippen LogP contribution in [0.1, 0.15) is 44.1 Å². The highest BCUT2D eigenvalue weighted by Crippen LogP contribution is 2.46. The van der Waals surface area contributed by atoms with Crippen LogP contribution in [0.2, 0.25) is 0 Å². The second kappa shape index (κ2) is 6.56. The maximum Gasteiger partial charge on any atom is 0.106 e. The predicted molar refractivity (Wildman–Crippen MR) is 97.4 cm³/mol. The smallest absolute Gasteiger partial charge is 0.106 e. The van der Waals surface area contributed by atoms with E-state index in [0.717, 1.165) is 25.0 Å². The highest BCUT2D eigenvalue weighted by atomic mass is 16.6. The Labute approximate surface area is 143 Å². The molecule has 0 saturated carbocycles. The van der Waals surface area contributed by atoms with Crippen molar-refractivity contribution in [1.82, 2.24) is 0 Å². The van der Waals surface area contributed by atoms with E-state index in [1.54, 1.807) is 7.11 Å². The number of hydrogen-bond donors (Lipinski definition) is 0. The number of oxime groups is 1. The zero-order chi connectivity index (χ0) is 16.5. The maximum absolute atomic E-state index is 6.24. The molecule has 0 amide bonds. The lowest BCUT2D eigenvalue weighted by atomic mass is 9.75. The highest BCUT2D eigenvalue weighted by Gasteiger charge is 2.45. The second-order valence-corrected chi connectivity index (χ2v) is 6.97. The average Bonchev–Trinajstić information content (AvgIpc) is 3.01. The van der Waals surface area contributed by atoms with Crippen LogP contribution in [0.5, 0.6) is 0 Å². The molecule has 2 heterocycles. The van der Waals surface area contributed by atoms with E-state index in [-0.39, 0.29) is 6.10 Å². The Morgan fingerprint density at radius 2 is 2.00 bits per heavy atom. The van der Waals surface area contributed by atoms with Gasteiger partial charge in [0.25, 0.3) is 0 Å². The first-order valence-electron chi connectivity index (χ1n) is 9.04. The molecular formula is C21H25NO2. The molecule has 4 rings (SSSR count). The van der Waals surface area contributed by atoms with Gasteiger partial charge in [0.05, 0.1) is 17.9 Å². The molecule has 2 aromatic carbocycles. The summed E-state index contributed by atoms with van der Waals surface area (Å²) in [6.07, 6.45) is 5.00.